The maximum atomic E-state index is 12.2. The van der Waals surface area contributed by atoms with Gasteiger partial charge in [0.15, 0.2) is 11.5 Å². The standard InChI is InChI=1S/C24H23ClN2O4/c1-3-30-23-13-17(11-12-22(23)31-16-19-7-4-5-10-21(19)25)15-26-27-24(28)18-8-6-9-20(14-18)29-2/h4-15H,3,16H2,1-2H3,(H,27,28)/b26-15-. The molecule has 0 saturated heterocycles. The van der Waals surface area contributed by atoms with Crippen LogP contribution in [-0.4, -0.2) is 25.8 Å². The van der Waals surface area contributed by atoms with Crippen molar-refractivity contribution in [3.05, 3.63) is 88.4 Å². The molecule has 0 spiro atoms. The van der Waals surface area contributed by atoms with Gasteiger partial charge in [0.25, 0.3) is 5.91 Å². The van der Waals surface area contributed by atoms with Gasteiger partial charge < -0.3 is 14.2 Å². The van der Waals surface area contributed by atoms with Gasteiger partial charge in [-0.05, 0) is 55.0 Å². The lowest BCUT2D eigenvalue weighted by atomic mass is 10.2. The van der Waals surface area contributed by atoms with Crippen LogP contribution >= 0.6 is 11.6 Å². The van der Waals surface area contributed by atoms with Crippen LogP contribution in [0.1, 0.15) is 28.4 Å². The van der Waals surface area contributed by atoms with Crippen molar-refractivity contribution in [2.24, 2.45) is 5.10 Å². The second-order valence-electron chi connectivity index (χ2n) is 6.45. The number of amides is 1. The number of carbonyl (C=O) groups is 1. The van der Waals surface area contributed by atoms with Gasteiger partial charge in [0.1, 0.15) is 12.4 Å². The van der Waals surface area contributed by atoms with Gasteiger partial charge >= 0.3 is 0 Å². The highest BCUT2D eigenvalue weighted by atomic mass is 35.5. The Morgan fingerprint density at radius 2 is 1.87 bits per heavy atom. The molecule has 0 unspecified atom stereocenters. The molecule has 0 heterocycles. The number of ether oxygens (including phenoxy) is 3. The fourth-order valence-electron chi connectivity index (χ4n) is 2.76. The summed E-state index contributed by atoms with van der Waals surface area (Å²) < 4.78 is 16.7. The third-order valence-corrected chi connectivity index (χ3v) is 4.69. The van der Waals surface area contributed by atoms with Gasteiger partial charge in [-0.2, -0.15) is 5.10 Å². The van der Waals surface area contributed by atoms with Crippen molar-refractivity contribution in [2.75, 3.05) is 13.7 Å². The Kier molecular flexibility index (Phi) is 7.90. The molecule has 0 radical (unpaired) electrons. The van der Waals surface area contributed by atoms with Gasteiger partial charge in [-0.25, -0.2) is 5.43 Å². The zero-order valence-electron chi connectivity index (χ0n) is 17.3. The normalized spacial score (nSPS) is 10.7. The number of halogens is 1. The van der Waals surface area contributed by atoms with E-state index < -0.39 is 0 Å². The minimum atomic E-state index is -0.333. The van der Waals surface area contributed by atoms with Crippen LogP contribution < -0.4 is 19.6 Å². The largest absolute Gasteiger partial charge is 0.497 e. The van der Waals surface area contributed by atoms with Crippen molar-refractivity contribution >= 4 is 23.7 Å². The summed E-state index contributed by atoms with van der Waals surface area (Å²) in [5, 5.41) is 4.68. The lowest BCUT2D eigenvalue weighted by Gasteiger charge is -2.13. The van der Waals surface area contributed by atoms with Crippen molar-refractivity contribution < 1.29 is 19.0 Å². The smallest absolute Gasteiger partial charge is 0.271 e. The first-order valence-electron chi connectivity index (χ1n) is 9.71. The Labute approximate surface area is 186 Å². The summed E-state index contributed by atoms with van der Waals surface area (Å²) in [6.45, 7) is 2.70. The molecule has 3 rings (SSSR count). The van der Waals surface area contributed by atoms with E-state index in [-0.39, 0.29) is 5.91 Å². The maximum absolute atomic E-state index is 12.2. The summed E-state index contributed by atoms with van der Waals surface area (Å²) in [4.78, 5) is 12.2. The molecule has 0 saturated carbocycles. The summed E-state index contributed by atoms with van der Waals surface area (Å²) in [5.74, 6) is 1.45. The second-order valence-corrected chi connectivity index (χ2v) is 6.86. The number of hydrogen-bond donors (Lipinski definition) is 1. The molecular weight excluding hydrogens is 416 g/mol. The van der Waals surface area contributed by atoms with Gasteiger partial charge in [0, 0.05) is 16.1 Å². The number of benzene rings is 3. The first-order chi connectivity index (χ1) is 15.1. The van der Waals surface area contributed by atoms with E-state index in [1.165, 1.54) is 0 Å². The summed E-state index contributed by atoms with van der Waals surface area (Å²) in [6.07, 6.45) is 1.54. The van der Waals surface area contributed by atoms with Crippen molar-refractivity contribution in [1.29, 1.82) is 0 Å². The van der Waals surface area contributed by atoms with E-state index in [9.17, 15) is 4.79 Å². The summed E-state index contributed by atoms with van der Waals surface area (Å²) in [6, 6.07) is 19.8. The number of methoxy groups -OCH3 is 1. The Hall–Kier alpha value is -3.51. The van der Waals surface area contributed by atoms with Gasteiger partial charge in [-0.3, -0.25) is 4.79 Å². The minimum Gasteiger partial charge on any atom is -0.497 e. The van der Waals surface area contributed by atoms with E-state index >= 15 is 0 Å². The number of rotatable bonds is 9. The average Bonchev–Trinajstić information content (AvgIpc) is 2.79. The highest BCUT2D eigenvalue weighted by Gasteiger charge is 2.09. The molecule has 7 heteroatoms. The van der Waals surface area contributed by atoms with Crippen LogP contribution in [0.2, 0.25) is 5.02 Å². The molecule has 31 heavy (non-hydrogen) atoms. The monoisotopic (exact) mass is 438 g/mol. The fourth-order valence-corrected chi connectivity index (χ4v) is 2.95. The summed E-state index contributed by atoms with van der Waals surface area (Å²) >= 11 is 6.19. The minimum absolute atomic E-state index is 0.323. The van der Waals surface area contributed by atoms with Gasteiger partial charge in [0.2, 0.25) is 0 Å². The van der Waals surface area contributed by atoms with E-state index in [4.69, 9.17) is 25.8 Å². The topological polar surface area (TPSA) is 69.2 Å². The van der Waals surface area contributed by atoms with Crippen LogP contribution in [0.5, 0.6) is 17.2 Å². The average molecular weight is 439 g/mol. The predicted molar refractivity (Wildman–Crippen MR) is 121 cm³/mol. The number of hydrazone groups is 1. The van der Waals surface area contributed by atoms with Crippen molar-refractivity contribution in [3.63, 3.8) is 0 Å². The molecule has 3 aromatic carbocycles. The molecule has 0 aliphatic heterocycles. The Morgan fingerprint density at radius 3 is 2.65 bits per heavy atom. The van der Waals surface area contributed by atoms with Crippen LogP contribution in [0.3, 0.4) is 0 Å². The highest BCUT2D eigenvalue weighted by Crippen LogP contribution is 2.29. The van der Waals surface area contributed by atoms with Crippen LogP contribution in [-0.2, 0) is 6.61 Å². The van der Waals surface area contributed by atoms with E-state index in [0.717, 1.165) is 11.1 Å². The van der Waals surface area contributed by atoms with Gasteiger partial charge in [-0.15, -0.1) is 0 Å². The summed E-state index contributed by atoms with van der Waals surface area (Å²) in [7, 11) is 1.55. The van der Waals surface area contributed by atoms with Crippen molar-refractivity contribution in [3.8, 4) is 17.2 Å². The molecule has 6 nitrogen and oxygen atoms in total. The third-order valence-electron chi connectivity index (χ3n) is 4.32. The zero-order chi connectivity index (χ0) is 22.1. The van der Waals surface area contributed by atoms with Gasteiger partial charge in [0.05, 0.1) is 19.9 Å². The van der Waals surface area contributed by atoms with E-state index in [1.807, 2.05) is 37.3 Å². The number of carbonyl (C=O) groups excluding carboxylic acids is 1. The highest BCUT2D eigenvalue weighted by molar-refractivity contribution is 6.31. The number of nitrogens with zero attached hydrogens (tertiary/aromatic N) is 1. The molecule has 1 N–H and O–H groups in total. The molecular formula is C24H23ClN2O4. The molecule has 1 amide bonds. The van der Waals surface area contributed by atoms with Gasteiger partial charge in [-0.1, -0.05) is 35.9 Å². The lowest BCUT2D eigenvalue weighted by molar-refractivity contribution is 0.0955. The van der Waals surface area contributed by atoms with Crippen molar-refractivity contribution in [2.45, 2.75) is 13.5 Å². The maximum Gasteiger partial charge on any atom is 0.271 e. The third kappa shape index (κ3) is 6.23. The molecule has 0 aromatic heterocycles. The Bertz CT molecular complexity index is 1070. The molecule has 0 atom stereocenters. The van der Waals surface area contributed by atoms with E-state index in [2.05, 4.69) is 10.5 Å². The molecule has 0 aliphatic rings. The SMILES string of the molecule is CCOc1cc(/C=N\NC(=O)c2cccc(OC)c2)ccc1OCc1ccccc1Cl. The number of nitrogens with one attached hydrogen (secondary N) is 1. The first kappa shape index (κ1) is 22.2. The van der Waals surface area contributed by atoms with Crippen LogP contribution in [0, 0.1) is 0 Å². The van der Waals surface area contributed by atoms with Crippen LogP contribution in [0.25, 0.3) is 0 Å². The molecule has 160 valence electrons. The summed E-state index contributed by atoms with van der Waals surface area (Å²) in [5.41, 5.74) is 4.60. The predicted octanol–water partition coefficient (Wildman–Crippen LogP) is 5.09. The van der Waals surface area contributed by atoms with E-state index in [0.29, 0.717) is 41.0 Å². The number of hydrogen-bond acceptors (Lipinski definition) is 5. The Balaban J connectivity index is 1.66. The van der Waals surface area contributed by atoms with Crippen LogP contribution in [0.15, 0.2) is 71.8 Å². The first-order valence-corrected chi connectivity index (χ1v) is 10.1. The molecule has 0 aliphatic carbocycles. The van der Waals surface area contributed by atoms with E-state index in [1.54, 1.807) is 49.7 Å². The molecule has 3 aromatic rings. The quantitative estimate of drug-likeness (QED) is 0.373. The zero-order valence-corrected chi connectivity index (χ0v) is 18.1. The molecule has 0 fully saturated rings. The molecule has 0 bridgehead atoms. The van der Waals surface area contributed by atoms with Crippen LogP contribution in [0.4, 0.5) is 0 Å². The fraction of sp³-hybridized carbons (Fsp3) is 0.167. The Morgan fingerprint density at radius 1 is 1.03 bits per heavy atom. The second kappa shape index (κ2) is 11.0. The van der Waals surface area contributed by atoms with Crippen molar-refractivity contribution in [1.82, 2.24) is 5.43 Å². The lowest BCUT2D eigenvalue weighted by Crippen LogP contribution is -2.17.